The molecular formula is C41H82N3O+. The largest absolute Gasteiger partial charge is 0.350 e. The minimum atomic E-state index is 0.242. The van der Waals surface area contributed by atoms with Gasteiger partial charge < -0.3 is 5.32 Å². The van der Waals surface area contributed by atoms with Crippen molar-refractivity contribution < 1.29 is 9.37 Å². The van der Waals surface area contributed by atoms with Crippen molar-refractivity contribution in [2.45, 2.75) is 232 Å². The maximum absolute atomic E-state index is 12.3. The van der Waals surface area contributed by atoms with Crippen LogP contribution >= 0.6 is 0 Å². The summed E-state index contributed by atoms with van der Waals surface area (Å²) in [4.78, 5) is 12.3. The molecule has 0 bridgehead atoms. The first-order valence-corrected chi connectivity index (χ1v) is 20.9. The highest BCUT2D eigenvalue weighted by molar-refractivity contribution is 5.75. The van der Waals surface area contributed by atoms with E-state index in [9.17, 15) is 4.79 Å². The molecule has 4 heteroatoms. The molecule has 0 spiro atoms. The van der Waals surface area contributed by atoms with Crippen LogP contribution in [-0.4, -0.2) is 42.5 Å². The van der Waals surface area contributed by atoms with Gasteiger partial charge in [0, 0.05) is 12.8 Å². The summed E-state index contributed by atoms with van der Waals surface area (Å²) in [5, 5.41) is 6.81. The van der Waals surface area contributed by atoms with Gasteiger partial charge in [-0.2, -0.15) is 0 Å². The topological polar surface area (TPSA) is 44.1 Å². The Morgan fingerprint density at radius 3 is 1.31 bits per heavy atom. The fourth-order valence-corrected chi connectivity index (χ4v) is 7.02. The SMILES string of the molecule is CCCCCCCCCCCCCCCCCCC1NCC=[N+]1CCNC(=O)CCCCCCCCCCCCCCCCC. The standard InChI is InChI=1S/C41H81N3O/c1-3-5-7-9-11-13-15-17-19-21-22-24-26-28-30-32-34-40-42-36-38-44(40)39-37-43-41(45)35-33-31-29-27-25-23-20-18-16-14-12-10-8-6-4-2/h38,40,42H,3-37,39H2,1-2H3/p+1. The molecule has 1 aliphatic heterocycles. The van der Waals surface area contributed by atoms with Gasteiger partial charge in [0.25, 0.3) is 0 Å². The number of nitrogens with zero attached hydrogens (tertiary/aromatic N) is 1. The van der Waals surface area contributed by atoms with Crippen molar-refractivity contribution in [3.8, 4) is 0 Å². The summed E-state index contributed by atoms with van der Waals surface area (Å²) in [6.07, 6.45) is 47.9. The zero-order valence-corrected chi connectivity index (χ0v) is 31.0. The third-order valence-electron chi connectivity index (χ3n) is 10.1. The smallest absolute Gasteiger partial charge is 0.220 e. The Balaban J connectivity index is 1.83. The monoisotopic (exact) mass is 633 g/mol. The highest BCUT2D eigenvalue weighted by atomic mass is 16.1. The molecule has 0 saturated heterocycles. The predicted molar refractivity (Wildman–Crippen MR) is 200 cm³/mol. The molecule has 0 radical (unpaired) electrons. The summed E-state index contributed by atoms with van der Waals surface area (Å²) in [5.41, 5.74) is 0. The Morgan fingerprint density at radius 1 is 0.556 bits per heavy atom. The molecule has 0 aromatic carbocycles. The van der Waals surface area contributed by atoms with Gasteiger partial charge in [0.05, 0.1) is 13.1 Å². The van der Waals surface area contributed by atoms with Crippen molar-refractivity contribution in [3.63, 3.8) is 0 Å². The molecule has 1 rings (SSSR count). The van der Waals surface area contributed by atoms with Crippen molar-refractivity contribution in [2.24, 2.45) is 0 Å². The number of hydrogen-bond acceptors (Lipinski definition) is 2. The molecule has 4 nitrogen and oxygen atoms in total. The number of carbonyl (C=O) groups is 1. The Morgan fingerprint density at radius 2 is 0.911 bits per heavy atom. The molecule has 0 fully saturated rings. The van der Waals surface area contributed by atoms with Crippen LogP contribution in [0.2, 0.25) is 0 Å². The predicted octanol–water partition coefficient (Wildman–Crippen LogP) is 12.0. The van der Waals surface area contributed by atoms with Crippen LogP contribution in [0.4, 0.5) is 0 Å². The minimum Gasteiger partial charge on any atom is -0.350 e. The molecule has 2 N–H and O–H groups in total. The van der Waals surface area contributed by atoms with E-state index < -0.39 is 0 Å². The van der Waals surface area contributed by atoms with Gasteiger partial charge in [-0.05, 0) is 12.8 Å². The Hall–Kier alpha value is -0.900. The summed E-state index contributed by atoms with van der Waals surface area (Å²) >= 11 is 0. The quantitative estimate of drug-likeness (QED) is 0.0533. The van der Waals surface area contributed by atoms with Gasteiger partial charge in [0.15, 0.2) is 12.8 Å². The Kier molecular flexibility index (Phi) is 32.2. The molecule has 1 unspecified atom stereocenters. The lowest BCUT2D eigenvalue weighted by molar-refractivity contribution is -0.558. The Bertz CT molecular complexity index is 649. The first-order chi connectivity index (χ1) is 22.3. The van der Waals surface area contributed by atoms with Gasteiger partial charge in [-0.1, -0.05) is 200 Å². The van der Waals surface area contributed by atoms with Crippen molar-refractivity contribution in [1.29, 1.82) is 0 Å². The van der Waals surface area contributed by atoms with Crippen LogP contribution in [0, 0.1) is 0 Å². The maximum Gasteiger partial charge on any atom is 0.220 e. The van der Waals surface area contributed by atoms with Crippen LogP contribution in [-0.2, 0) is 4.79 Å². The van der Waals surface area contributed by atoms with E-state index in [1.807, 2.05) is 0 Å². The lowest BCUT2D eigenvalue weighted by atomic mass is 10.0. The molecule has 1 atom stereocenters. The van der Waals surface area contributed by atoms with Crippen LogP contribution in [0.25, 0.3) is 0 Å². The zero-order chi connectivity index (χ0) is 32.3. The number of rotatable bonds is 36. The van der Waals surface area contributed by atoms with Gasteiger partial charge >= 0.3 is 0 Å². The number of unbranched alkanes of at least 4 members (excludes halogenated alkanes) is 29. The van der Waals surface area contributed by atoms with Gasteiger partial charge in [-0.15, -0.1) is 0 Å². The second-order valence-electron chi connectivity index (χ2n) is 14.5. The number of amides is 1. The second kappa shape index (κ2) is 34.4. The Labute approximate surface area is 283 Å². The summed E-state index contributed by atoms with van der Waals surface area (Å²) in [6, 6.07) is 0. The fourth-order valence-electron chi connectivity index (χ4n) is 7.02. The molecule has 266 valence electrons. The van der Waals surface area contributed by atoms with Crippen molar-refractivity contribution in [2.75, 3.05) is 19.6 Å². The van der Waals surface area contributed by atoms with E-state index in [0.717, 1.165) is 26.1 Å². The summed E-state index contributed by atoms with van der Waals surface area (Å²) < 4.78 is 2.43. The molecule has 1 aliphatic rings. The van der Waals surface area contributed by atoms with E-state index in [1.54, 1.807) is 0 Å². The average molecular weight is 633 g/mol. The van der Waals surface area contributed by atoms with E-state index in [0.29, 0.717) is 12.6 Å². The van der Waals surface area contributed by atoms with E-state index in [4.69, 9.17) is 0 Å². The minimum absolute atomic E-state index is 0.242. The third kappa shape index (κ3) is 29.0. The lowest BCUT2D eigenvalue weighted by Crippen LogP contribution is -2.37. The number of carbonyl (C=O) groups excluding carboxylic acids is 1. The second-order valence-corrected chi connectivity index (χ2v) is 14.5. The van der Waals surface area contributed by atoms with Crippen LogP contribution < -0.4 is 10.6 Å². The van der Waals surface area contributed by atoms with E-state index >= 15 is 0 Å². The summed E-state index contributed by atoms with van der Waals surface area (Å²) in [5.74, 6) is 0.242. The molecule has 0 aromatic rings. The highest BCUT2D eigenvalue weighted by Gasteiger charge is 2.24. The van der Waals surface area contributed by atoms with E-state index in [1.165, 1.54) is 199 Å². The molecule has 0 aromatic heterocycles. The summed E-state index contributed by atoms with van der Waals surface area (Å²) in [7, 11) is 0. The van der Waals surface area contributed by atoms with Crippen LogP contribution in [0.15, 0.2) is 0 Å². The number of nitrogens with one attached hydrogen (secondary N) is 2. The van der Waals surface area contributed by atoms with Crippen molar-refractivity contribution in [3.05, 3.63) is 0 Å². The van der Waals surface area contributed by atoms with Crippen LogP contribution in [0.5, 0.6) is 0 Å². The van der Waals surface area contributed by atoms with Gasteiger partial charge in [-0.25, -0.2) is 9.89 Å². The molecule has 1 heterocycles. The van der Waals surface area contributed by atoms with Crippen LogP contribution in [0.3, 0.4) is 0 Å². The van der Waals surface area contributed by atoms with E-state index in [2.05, 4.69) is 35.3 Å². The zero-order valence-electron chi connectivity index (χ0n) is 31.0. The molecular weight excluding hydrogens is 550 g/mol. The molecule has 0 saturated carbocycles. The average Bonchev–Trinajstić information content (AvgIpc) is 3.49. The first-order valence-electron chi connectivity index (χ1n) is 20.9. The number of hydrogen-bond donors (Lipinski definition) is 2. The highest BCUT2D eigenvalue weighted by Crippen LogP contribution is 2.16. The third-order valence-corrected chi connectivity index (χ3v) is 10.1. The van der Waals surface area contributed by atoms with Crippen molar-refractivity contribution >= 4 is 12.1 Å². The van der Waals surface area contributed by atoms with Gasteiger partial charge in [0.1, 0.15) is 0 Å². The first kappa shape index (κ1) is 42.1. The van der Waals surface area contributed by atoms with Gasteiger partial charge in [0.2, 0.25) is 12.1 Å². The maximum atomic E-state index is 12.3. The molecule has 0 aliphatic carbocycles. The normalized spacial score (nSPS) is 14.7. The molecule has 1 amide bonds. The summed E-state index contributed by atoms with van der Waals surface area (Å²) in [6.45, 7) is 7.26. The van der Waals surface area contributed by atoms with E-state index in [-0.39, 0.29) is 5.91 Å². The van der Waals surface area contributed by atoms with Crippen molar-refractivity contribution in [1.82, 2.24) is 10.6 Å². The lowest BCUT2D eigenvalue weighted by Gasteiger charge is -2.12. The molecule has 45 heavy (non-hydrogen) atoms. The van der Waals surface area contributed by atoms with Gasteiger partial charge in [-0.3, -0.25) is 4.79 Å². The van der Waals surface area contributed by atoms with Crippen LogP contribution in [0.1, 0.15) is 226 Å². The fraction of sp³-hybridized carbons (Fsp3) is 0.951.